The number of amides is 1. The fraction of sp³-hybridized carbons (Fsp3) is 0.929. The second kappa shape index (κ2) is 12.1. The Bertz CT molecular complexity index is 247. The molecule has 2 N–H and O–H groups in total. The molecule has 0 radical (unpaired) electrons. The zero-order valence-corrected chi connectivity index (χ0v) is 13.2. The van der Waals surface area contributed by atoms with Gasteiger partial charge in [0.15, 0.2) is 0 Å². The Morgan fingerprint density at radius 2 is 1.80 bits per heavy atom. The van der Waals surface area contributed by atoms with E-state index in [9.17, 15) is 9.90 Å². The maximum Gasteiger partial charge on any atom is 0.239 e. The van der Waals surface area contributed by atoms with Crippen LogP contribution in [0.1, 0.15) is 27.7 Å². The van der Waals surface area contributed by atoms with Crippen LogP contribution in [0.25, 0.3) is 0 Å². The second-order valence-electron chi connectivity index (χ2n) is 4.57. The third-order valence-corrected chi connectivity index (χ3v) is 2.99. The number of hydrogen-bond acceptors (Lipinski definition) is 5. The molecule has 0 aliphatic heterocycles. The summed E-state index contributed by atoms with van der Waals surface area (Å²) < 4.78 is 10.4. The molecule has 0 fully saturated rings. The van der Waals surface area contributed by atoms with Crippen molar-refractivity contribution in [3.63, 3.8) is 0 Å². The zero-order valence-electron chi connectivity index (χ0n) is 13.2. The molecule has 2 unspecified atom stereocenters. The van der Waals surface area contributed by atoms with E-state index in [2.05, 4.69) is 5.32 Å². The lowest BCUT2D eigenvalue weighted by molar-refractivity contribution is -0.132. The van der Waals surface area contributed by atoms with Gasteiger partial charge in [-0.2, -0.15) is 0 Å². The lowest BCUT2D eigenvalue weighted by atomic mass is 10.2. The minimum Gasteiger partial charge on any atom is -0.389 e. The highest BCUT2D eigenvalue weighted by Crippen LogP contribution is 1.95. The van der Waals surface area contributed by atoms with E-state index in [0.717, 1.165) is 0 Å². The fourth-order valence-electron chi connectivity index (χ4n) is 1.75. The second-order valence-corrected chi connectivity index (χ2v) is 4.57. The van der Waals surface area contributed by atoms with Crippen molar-refractivity contribution in [2.24, 2.45) is 0 Å². The Hall–Kier alpha value is -0.690. The van der Waals surface area contributed by atoms with Crippen LogP contribution in [-0.4, -0.2) is 74.1 Å². The molecule has 6 nitrogen and oxygen atoms in total. The number of nitrogens with zero attached hydrogens (tertiary/aromatic N) is 1. The van der Waals surface area contributed by atoms with Gasteiger partial charge in [-0.05, 0) is 27.7 Å². The van der Waals surface area contributed by atoms with E-state index in [0.29, 0.717) is 39.5 Å². The third-order valence-electron chi connectivity index (χ3n) is 2.99. The minimum absolute atomic E-state index is 0.0551. The molecule has 0 aliphatic carbocycles. The number of aliphatic hydroxyl groups is 1. The number of hydrogen-bond donors (Lipinski definition) is 2. The Labute approximate surface area is 122 Å². The standard InChI is InChI=1S/C14H30N2O4/c1-5-16(6-2)14(18)12(4)15-10-13(17)11-20-9-8-19-7-3/h12-13,15,17H,5-11H2,1-4H3. The number of nitrogens with one attached hydrogen (secondary N) is 1. The van der Waals surface area contributed by atoms with E-state index >= 15 is 0 Å². The highest BCUT2D eigenvalue weighted by molar-refractivity contribution is 5.81. The van der Waals surface area contributed by atoms with Gasteiger partial charge in [-0.25, -0.2) is 0 Å². The summed E-state index contributed by atoms with van der Waals surface area (Å²) in [5.74, 6) is 0.0551. The van der Waals surface area contributed by atoms with Gasteiger partial charge < -0.3 is 24.8 Å². The Morgan fingerprint density at radius 3 is 2.35 bits per heavy atom. The van der Waals surface area contributed by atoms with Crippen LogP contribution in [0.15, 0.2) is 0 Å². The summed E-state index contributed by atoms with van der Waals surface area (Å²) in [5.41, 5.74) is 0. The number of carbonyl (C=O) groups is 1. The molecular weight excluding hydrogens is 260 g/mol. The summed E-state index contributed by atoms with van der Waals surface area (Å²) in [6.45, 7) is 11.3. The number of ether oxygens (including phenoxy) is 2. The van der Waals surface area contributed by atoms with Gasteiger partial charge in [0, 0.05) is 26.2 Å². The summed E-state index contributed by atoms with van der Waals surface area (Å²) in [4.78, 5) is 13.8. The molecule has 0 saturated carbocycles. The molecule has 1 amide bonds. The van der Waals surface area contributed by atoms with E-state index in [1.54, 1.807) is 4.90 Å². The van der Waals surface area contributed by atoms with E-state index in [4.69, 9.17) is 9.47 Å². The van der Waals surface area contributed by atoms with Gasteiger partial charge >= 0.3 is 0 Å². The van der Waals surface area contributed by atoms with E-state index in [1.165, 1.54) is 0 Å². The molecule has 20 heavy (non-hydrogen) atoms. The fourth-order valence-corrected chi connectivity index (χ4v) is 1.75. The Kier molecular flexibility index (Phi) is 11.7. The van der Waals surface area contributed by atoms with Crippen LogP contribution < -0.4 is 5.32 Å². The van der Waals surface area contributed by atoms with Crippen molar-refractivity contribution in [2.45, 2.75) is 39.8 Å². The molecule has 0 aromatic rings. The molecule has 2 atom stereocenters. The molecule has 0 aliphatic rings. The van der Waals surface area contributed by atoms with E-state index in [-0.39, 0.29) is 18.6 Å². The predicted molar refractivity (Wildman–Crippen MR) is 78.7 cm³/mol. The van der Waals surface area contributed by atoms with Crippen LogP contribution in [0, 0.1) is 0 Å². The van der Waals surface area contributed by atoms with Gasteiger partial charge in [-0.1, -0.05) is 0 Å². The average molecular weight is 290 g/mol. The quantitative estimate of drug-likeness (QED) is 0.504. The van der Waals surface area contributed by atoms with E-state index < -0.39 is 6.10 Å². The summed E-state index contributed by atoms with van der Waals surface area (Å²) in [7, 11) is 0. The van der Waals surface area contributed by atoms with Gasteiger partial charge in [-0.15, -0.1) is 0 Å². The Balaban J connectivity index is 3.76. The Morgan fingerprint density at radius 1 is 1.20 bits per heavy atom. The molecule has 0 aromatic heterocycles. The molecular formula is C14H30N2O4. The highest BCUT2D eigenvalue weighted by Gasteiger charge is 2.18. The predicted octanol–water partition coefficient (Wildman–Crippen LogP) is 0.247. The van der Waals surface area contributed by atoms with Crippen molar-refractivity contribution >= 4 is 5.91 Å². The summed E-state index contributed by atoms with van der Waals surface area (Å²) in [6, 6.07) is -0.298. The topological polar surface area (TPSA) is 71.0 Å². The number of rotatable bonds is 12. The van der Waals surface area contributed by atoms with Crippen LogP contribution in [0.5, 0.6) is 0 Å². The van der Waals surface area contributed by atoms with Crippen LogP contribution in [-0.2, 0) is 14.3 Å². The number of likely N-dealkylation sites (N-methyl/N-ethyl adjacent to an activating group) is 1. The van der Waals surface area contributed by atoms with Crippen molar-refractivity contribution in [3.8, 4) is 0 Å². The maximum atomic E-state index is 12.0. The number of carbonyl (C=O) groups excluding carboxylic acids is 1. The van der Waals surface area contributed by atoms with Gasteiger partial charge in [0.2, 0.25) is 5.91 Å². The van der Waals surface area contributed by atoms with Crippen LogP contribution in [0.4, 0.5) is 0 Å². The number of aliphatic hydroxyl groups excluding tert-OH is 1. The molecule has 120 valence electrons. The SMILES string of the molecule is CCOCCOCC(O)CNC(C)C(=O)N(CC)CC. The molecule has 0 spiro atoms. The molecule has 6 heteroatoms. The van der Waals surface area contributed by atoms with Crippen LogP contribution in [0.3, 0.4) is 0 Å². The van der Waals surface area contributed by atoms with Crippen molar-refractivity contribution in [3.05, 3.63) is 0 Å². The van der Waals surface area contributed by atoms with Crippen molar-refractivity contribution in [1.82, 2.24) is 10.2 Å². The minimum atomic E-state index is -0.622. The summed E-state index contributed by atoms with van der Waals surface area (Å²) in [5, 5.41) is 12.8. The van der Waals surface area contributed by atoms with Gasteiger partial charge in [-0.3, -0.25) is 4.79 Å². The smallest absolute Gasteiger partial charge is 0.239 e. The largest absolute Gasteiger partial charge is 0.389 e. The van der Waals surface area contributed by atoms with Gasteiger partial charge in [0.05, 0.1) is 32.0 Å². The van der Waals surface area contributed by atoms with Crippen molar-refractivity contribution < 1.29 is 19.4 Å². The monoisotopic (exact) mass is 290 g/mol. The van der Waals surface area contributed by atoms with Crippen molar-refractivity contribution in [2.75, 3.05) is 46.1 Å². The first kappa shape index (κ1) is 19.3. The average Bonchev–Trinajstić information content (AvgIpc) is 2.45. The van der Waals surface area contributed by atoms with Gasteiger partial charge in [0.25, 0.3) is 0 Å². The highest BCUT2D eigenvalue weighted by atomic mass is 16.5. The first-order valence-corrected chi connectivity index (χ1v) is 7.42. The molecule has 0 aromatic carbocycles. The lowest BCUT2D eigenvalue weighted by Gasteiger charge is -2.24. The first-order valence-electron chi connectivity index (χ1n) is 7.42. The zero-order chi connectivity index (χ0) is 15.4. The van der Waals surface area contributed by atoms with Crippen LogP contribution >= 0.6 is 0 Å². The lowest BCUT2D eigenvalue weighted by Crippen LogP contribution is -2.47. The van der Waals surface area contributed by atoms with Crippen LogP contribution in [0.2, 0.25) is 0 Å². The molecule has 0 bridgehead atoms. The van der Waals surface area contributed by atoms with Gasteiger partial charge in [0.1, 0.15) is 0 Å². The maximum absolute atomic E-state index is 12.0. The molecule has 0 heterocycles. The normalized spacial score (nSPS) is 14.1. The molecule has 0 rings (SSSR count). The third kappa shape index (κ3) is 8.47. The summed E-state index contributed by atoms with van der Waals surface area (Å²) in [6.07, 6.45) is -0.622. The first-order chi connectivity index (χ1) is 9.56. The van der Waals surface area contributed by atoms with Crippen molar-refractivity contribution in [1.29, 1.82) is 0 Å². The molecule has 0 saturated heterocycles. The summed E-state index contributed by atoms with van der Waals surface area (Å²) >= 11 is 0. The van der Waals surface area contributed by atoms with E-state index in [1.807, 2.05) is 27.7 Å².